The summed E-state index contributed by atoms with van der Waals surface area (Å²) in [4.78, 5) is 34.9. The Morgan fingerprint density at radius 1 is 1.21 bits per heavy atom. The average molecular weight is 383 g/mol. The first-order valence-corrected chi connectivity index (χ1v) is 9.00. The normalized spacial score (nSPS) is 14.0. The van der Waals surface area contributed by atoms with Crippen LogP contribution in [0.15, 0.2) is 48.5 Å². The lowest BCUT2D eigenvalue weighted by molar-refractivity contribution is -0.384. The van der Waals surface area contributed by atoms with Gasteiger partial charge in [-0.1, -0.05) is 30.3 Å². The van der Waals surface area contributed by atoms with Gasteiger partial charge in [0.15, 0.2) is 6.61 Å². The fourth-order valence-corrected chi connectivity index (χ4v) is 2.70. The molecule has 0 saturated heterocycles. The SMILES string of the molecule is C[C@H](NC(=O)COC(=O)c1ccc(NC2CC2)c([N+](=O)[O-])c1)c1ccccc1. The number of nitro groups is 1. The Morgan fingerprint density at radius 2 is 1.93 bits per heavy atom. The van der Waals surface area contributed by atoms with Crippen molar-refractivity contribution >= 4 is 23.3 Å². The monoisotopic (exact) mass is 383 g/mol. The minimum absolute atomic E-state index is 0.0250. The summed E-state index contributed by atoms with van der Waals surface area (Å²) in [6.45, 7) is 1.36. The van der Waals surface area contributed by atoms with Crippen LogP contribution in [0.3, 0.4) is 0 Å². The van der Waals surface area contributed by atoms with E-state index < -0.39 is 23.4 Å². The van der Waals surface area contributed by atoms with Crippen LogP contribution in [0.5, 0.6) is 0 Å². The first kappa shape index (κ1) is 19.3. The van der Waals surface area contributed by atoms with Crippen molar-refractivity contribution in [1.82, 2.24) is 5.32 Å². The highest BCUT2D eigenvalue weighted by atomic mass is 16.6. The lowest BCUT2D eigenvalue weighted by atomic mass is 10.1. The summed E-state index contributed by atoms with van der Waals surface area (Å²) in [7, 11) is 0. The molecule has 1 aliphatic carbocycles. The first-order chi connectivity index (χ1) is 13.4. The molecule has 0 radical (unpaired) electrons. The maximum absolute atomic E-state index is 12.2. The quantitative estimate of drug-likeness (QED) is 0.411. The largest absolute Gasteiger partial charge is 0.452 e. The second-order valence-corrected chi connectivity index (χ2v) is 6.68. The Kier molecular flexibility index (Phi) is 5.88. The molecule has 8 heteroatoms. The summed E-state index contributed by atoms with van der Waals surface area (Å²) >= 11 is 0. The van der Waals surface area contributed by atoms with Gasteiger partial charge in [0, 0.05) is 12.1 Å². The van der Waals surface area contributed by atoms with Gasteiger partial charge in [0.1, 0.15) is 5.69 Å². The molecule has 0 unspecified atom stereocenters. The molecule has 0 aromatic heterocycles. The molecule has 2 aromatic rings. The smallest absolute Gasteiger partial charge is 0.338 e. The van der Waals surface area contributed by atoms with E-state index in [4.69, 9.17) is 4.74 Å². The van der Waals surface area contributed by atoms with Crippen LogP contribution in [0.2, 0.25) is 0 Å². The number of amides is 1. The predicted molar refractivity (Wildman–Crippen MR) is 103 cm³/mol. The van der Waals surface area contributed by atoms with Crippen LogP contribution in [0, 0.1) is 10.1 Å². The summed E-state index contributed by atoms with van der Waals surface area (Å²) < 4.78 is 5.00. The Morgan fingerprint density at radius 3 is 2.57 bits per heavy atom. The molecule has 1 amide bonds. The Balaban J connectivity index is 1.57. The van der Waals surface area contributed by atoms with E-state index in [0.29, 0.717) is 5.69 Å². The third kappa shape index (κ3) is 5.06. The average Bonchev–Trinajstić information content (AvgIpc) is 3.51. The lowest BCUT2D eigenvalue weighted by Gasteiger charge is -2.14. The van der Waals surface area contributed by atoms with Crippen LogP contribution in [0.4, 0.5) is 11.4 Å². The Bertz CT molecular complexity index is 881. The molecular formula is C20H21N3O5. The van der Waals surface area contributed by atoms with Crippen LogP contribution in [-0.2, 0) is 9.53 Å². The van der Waals surface area contributed by atoms with E-state index in [1.165, 1.54) is 12.1 Å². The minimum Gasteiger partial charge on any atom is -0.452 e. The standard InChI is InChI=1S/C20H21N3O5/c1-13(14-5-3-2-4-6-14)21-19(24)12-28-20(25)15-7-10-17(22-16-8-9-16)18(11-15)23(26)27/h2-7,10-11,13,16,22H,8-9,12H2,1H3,(H,21,24)/t13-/m0/s1. The molecule has 1 saturated carbocycles. The summed E-state index contributed by atoms with van der Waals surface area (Å²) in [6.07, 6.45) is 1.94. The van der Waals surface area contributed by atoms with E-state index in [9.17, 15) is 19.7 Å². The number of nitrogens with zero attached hydrogens (tertiary/aromatic N) is 1. The Labute approximate surface area is 162 Å². The molecule has 0 spiro atoms. The molecular weight excluding hydrogens is 362 g/mol. The number of ether oxygens (including phenoxy) is 1. The predicted octanol–water partition coefficient (Wildman–Crippen LogP) is 3.20. The highest BCUT2D eigenvalue weighted by molar-refractivity contribution is 5.93. The molecule has 1 fully saturated rings. The number of nitrogens with one attached hydrogen (secondary N) is 2. The molecule has 146 valence electrons. The summed E-state index contributed by atoms with van der Waals surface area (Å²) in [5.41, 5.74) is 1.13. The number of carbonyl (C=O) groups is 2. The molecule has 0 bridgehead atoms. The summed E-state index contributed by atoms with van der Waals surface area (Å²) in [5, 5.41) is 17.1. The zero-order valence-electron chi connectivity index (χ0n) is 15.4. The van der Waals surface area contributed by atoms with Crippen molar-refractivity contribution in [2.45, 2.75) is 31.8 Å². The van der Waals surface area contributed by atoms with E-state index in [2.05, 4.69) is 10.6 Å². The number of hydrogen-bond acceptors (Lipinski definition) is 6. The zero-order valence-corrected chi connectivity index (χ0v) is 15.4. The molecule has 8 nitrogen and oxygen atoms in total. The van der Waals surface area contributed by atoms with Gasteiger partial charge in [-0.05, 0) is 37.5 Å². The molecule has 0 heterocycles. The van der Waals surface area contributed by atoms with Gasteiger partial charge in [-0.15, -0.1) is 0 Å². The topological polar surface area (TPSA) is 111 Å². The van der Waals surface area contributed by atoms with Gasteiger partial charge in [0.2, 0.25) is 0 Å². The number of esters is 1. The molecule has 0 aliphatic heterocycles. The molecule has 3 rings (SSSR count). The summed E-state index contributed by atoms with van der Waals surface area (Å²) in [5.74, 6) is -1.24. The lowest BCUT2D eigenvalue weighted by Crippen LogP contribution is -2.31. The third-order valence-electron chi connectivity index (χ3n) is 4.38. The van der Waals surface area contributed by atoms with E-state index in [1.54, 1.807) is 0 Å². The van der Waals surface area contributed by atoms with Crippen LogP contribution < -0.4 is 10.6 Å². The maximum atomic E-state index is 12.2. The highest BCUT2D eigenvalue weighted by Crippen LogP contribution is 2.31. The van der Waals surface area contributed by atoms with Gasteiger partial charge < -0.3 is 15.4 Å². The van der Waals surface area contributed by atoms with Crippen molar-refractivity contribution in [2.24, 2.45) is 0 Å². The van der Waals surface area contributed by atoms with Crippen LogP contribution in [-0.4, -0.2) is 29.4 Å². The van der Waals surface area contributed by atoms with Crippen LogP contribution in [0.1, 0.15) is 41.7 Å². The van der Waals surface area contributed by atoms with Crippen molar-refractivity contribution < 1.29 is 19.2 Å². The zero-order chi connectivity index (χ0) is 20.1. The van der Waals surface area contributed by atoms with Crippen LogP contribution in [0.25, 0.3) is 0 Å². The van der Waals surface area contributed by atoms with E-state index in [1.807, 2.05) is 37.3 Å². The maximum Gasteiger partial charge on any atom is 0.338 e. The second kappa shape index (κ2) is 8.51. The fraction of sp³-hybridized carbons (Fsp3) is 0.300. The number of anilines is 1. The number of carbonyl (C=O) groups excluding carboxylic acids is 2. The van der Waals surface area contributed by atoms with E-state index in [0.717, 1.165) is 24.5 Å². The number of hydrogen-bond donors (Lipinski definition) is 2. The van der Waals surface area contributed by atoms with Crippen molar-refractivity contribution in [2.75, 3.05) is 11.9 Å². The number of rotatable bonds is 8. The number of benzene rings is 2. The van der Waals surface area contributed by atoms with Gasteiger partial charge in [0.25, 0.3) is 11.6 Å². The molecule has 2 N–H and O–H groups in total. The van der Waals surface area contributed by atoms with E-state index >= 15 is 0 Å². The van der Waals surface area contributed by atoms with Crippen molar-refractivity contribution in [3.63, 3.8) is 0 Å². The van der Waals surface area contributed by atoms with E-state index in [-0.39, 0.29) is 23.3 Å². The second-order valence-electron chi connectivity index (χ2n) is 6.68. The van der Waals surface area contributed by atoms with Crippen LogP contribution >= 0.6 is 0 Å². The minimum atomic E-state index is -0.788. The molecule has 1 atom stereocenters. The van der Waals surface area contributed by atoms with Crippen molar-refractivity contribution in [3.05, 3.63) is 69.8 Å². The van der Waals surface area contributed by atoms with Gasteiger partial charge in [-0.25, -0.2) is 4.79 Å². The van der Waals surface area contributed by atoms with Gasteiger partial charge in [-0.3, -0.25) is 14.9 Å². The highest BCUT2D eigenvalue weighted by Gasteiger charge is 2.26. The molecule has 28 heavy (non-hydrogen) atoms. The van der Waals surface area contributed by atoms with Crippen molar-refractivity contribution in [1.29, 1.82) is 0 Å². The molecule has 2 aromatic carbocycles. The summed E-state index contributed by atoms with van der Waals surface area (Å²) in [6, 6.07) is 13.5. The van der Waals surface area contributed by atoms with Gasteiger partial charge in [0.05, 0.1) is 16.5 Å². The third-order valence-corrected chi connectivity index (χ3v) is 4.38. The fourth-order valence-electron chi connectivity index (χ4n) is 2.70. The Hall–Kier alpha value is -3.42. The first-order valence-electron chi connectivity index (χ1n) is 9.00. The molecule has 1 aliphatic rings. The van der Waals surface area contributed by atoms with Crippen molar-refractivity contribution in [3.8, 4) is 0 Å². The van der Waals surface area contributed by atoms with Gasteiger partial charge >= 0.3 is 5.97 Å². The van der Waals surface area contributed by atoms with Gasteiger partial charge in [-0.2, -0.15) is 0 Å². The number of nitro benzene ring substituents is 1.